The molecule has 1 rings (SSSR count). The third-order valence-electron chi connectivity index (χ3n) is 1.51. The molecule has 0 N–H and O–H groups in total. The van der Waals surface area contributed by atoms with Crippen LogP contribution >= 0.6 is 0 Å². The first-order valence-corrected chi connectivity index (χ1v) is 3.31. The molecule has 0 aliphatic heterocycles. The Morgan fingerprint density at radius 1 is 1.54 bits per heavy atom. The Bertz CT molecular complexity index is 561. The summed E-state index contributed by atoms with van der Waals surface area (Å²) in [5, 5.41) is 17.0. The lowest BCUT2D eigenvalue weighted by atomic mass is 10.4. The number of hydrogen-bond acceptors (Lipinski definition) is 4. The average Bonchev–Trinajstić information content (AvgIpc) is 2.36. The first kappa shape index (κ1) is 8.82. The summed E-state index contributed by atoms with van der Waals surface area (Å²) < 4.78 is 5.92. The lowest BCUT2D eigenvalue weighted by molar-refractivity contribution is 0.475. The monoisotopic (exact) mass is 175 g/mol. The van der Waals surface area contributed by atoms with Crippen molar-refractivity contribution < 1.29 is 4.42 Å². The highest BCUT2D eigenvalue weighted by Gasteiger charge is 2.05. The van der Waals surface area contributed by atoms with Crippen molar-refractivity contribution in [2.45, 2.75) is 0 Å². The number of oxazole rings is 1. The summed E-state index contributed by atoms with van der Waals surface area (Å²) >= 11 is 0. The van der Waals surface area contributed by atoms with Crippen LogP contribution in [-0.2, 0) is 7.05 Å². The van der Waals surface area contributed by atoms with Gasteiger partial charge in [-0.25, -0.2) is 0 Å². The van der Waals surface area contributed by atoms with Gasteiger partial charge in [0.1, 0.15) is 12.1 Å². The van der Waals surface area contributed by atoms with Gasteiger partial charge < -0.3 is 4.42 Å². The van der Waals surface area contributed by atoms with Crippen LogP contribution in [0.3, 0.4) is 0 Å². The largest absolute Gasteiger partial charge is 0.433 e. The van der Waals surface area contributed by atoms with Crippen molar-refractivity contribution in [3.05, 3.63) is 21.3 Å². The highest BCUT2D eigenvalue weighted by Crippen LogP contribution is 1.82. The predicted molar refractivity (Wildman–Crippen MR) is 43.4 cm³/mol. The molecule has 0 saturated carbocycles. The van der Waals surface area contributed by atoms with Crippen LogP contribution in [0.4, 0.5) is 0 Å². The van der Waals surface area contributed by atoms with Gasteiger partial charge in [-0.2, -0.15) is 10.5 Å². The number of nitriles is 2. The third kappa shape index (κ3) is 1.23. The van der Waals surface area contributed by atoms with Crippen LogP contribution < -0.4 is 16.5 Å². The fourth-order valence-electron chi connectivity index (χ4n) is 0.847. The number of nitrogens with zero attached hydrogens (tertiary/aromatic N) is 3. The van der Waals surface area contributed by atoms with Crippen LogP contribution in [0.5, 0.6) is 0 Å². The van der Waals surface area contributed by atoms with E-state index in [2.05, 4.69) is 6.58 Å². The van der Waals surface area contributed by atoms with Gasteiger partial charge in [0.15, 0.2) is 11.0 Å². The minimum Gasteiger partial charge on any atom is -0.433 e. The maximum absolute atomic E-state index is 11.1. The van der Waals surface area contributed by atoms with Crippen LogP contribution in [0.1, 0.15) is 0 Å². The molecule has 0 saturated heterocycles. The second-order valence-corrected chi connectivity index (χ2v) is 2.29. The summed E-state index contributed by atoms with van der Waals surface area (Å²) in [6, 6.07) is 3.25. The van der Waals surface area contributed by atoms with Gasteiger partial charge in [-0.05, 0) is 0 Å². The molecule has 5 heteroatoms. The molecule has 64 valence electrons. The SMILES string of the molecule is C=c1oc(=C(C#N)C#N)n(C)c1=O. The van der Waals surface area contributed by atoms with Gasteiger partial charge >= 0.3 is 0 Å². The zero-order valence-corrected chi connectivity index (χ0v) is 6.87. The van der Waals surface area contributed by atoms with Crippen molar-refractivity contribution in [1.82, 2.24) is 4.57 Å². The van der Waals surface area contributed by atoms with Gasteiger partial charge in [-0.3, -0.25) is 9.36 Å². The molecule has 5 nitrogen and oxygen atoms in total. The Morgan fingerprint density at radius 3 is 2.38 bits per heavy atom. The lowest BCUT2D eigenvalue weighted by Gasteiger charge is -1.83. The van der Waals surface area contributed by atoms with Crippen LogP contribution in [0.2, 0.25) is 0 Å². The number of hydrogen-bond donors (Lipinski definition) is 0. The van der Waals surface area contributed by atoms with E-state index in [0.717, 1.165) is 4.57 Å². The normalized spacial score (nSPS) is 8.85. The maximum atomic E-state index is 11.1. The Kier molecular flexibility index (Phi) is 2.03. The van der Waals surface area contributed by atoms with Crippen molar-refractivity contribution in [3.8, 4) is 12.1 Å². The molecule has 0 aliphatic rings. The molecule has 13 heavy (non-hydrogen) atoms. The van der Waals surface area contributed by atoms with E-state index in [0.29, 0.717) is 0 Å². The molecule has 1 heterocycles. The first-order chi connectivity index (χ1) is 6.11. The maximum Gasteiger partial charge on any atom is 0.295 e. The average molecular weight is 175 g/mol. The molecule has 0 atom stereocenters. The molecule has 0 radical (unpaired) electrons. The van der Waals surface area contributed by atoms with Crippen molar-refractivity contribution in [3.63, 3.8) is 0 Å². The predicted octanol–water partition coefficient (Wildman–Crippen LogP) is -1.41. The minimum absolute atomic E-state index is 0.0556. The van der Waals surface area contributed by atoms with Crippen LogP contribution in [-0.4, -0.2) is 4.57 Å². The second-order valence-electron chi connectivity index (χ2n) is 2.29. The van der Waals surface area contributed by atoms with Gasteiger partial charge in [0.05, 0.1) is 0 Å². The standard InChI is InChI=1S/C8H5N3O2/c1-5-7(12)11(2)8(13-5)6(3-9)4-10/h1H2,2H3. The lowest BCUT2D eigenvalue weighted by Crippen LogP contribution is -2.28. The highest BCUT2D eigenvalue weighted by molar-refractivity contribution is 5.70. The first-order valence-electron chi connectivity index (χ1n) is 3.31. The van der Waals surface area contributed by atoms with Crippen molar-refractivity contribution in [1.29, 1.82) is 10.5 Å². The highest BCUT2D eigenvalue weighted by atomic mass is 16.4. The fourth-order valence-corrected chi connectivity index (χ4v) is 0.847. The summed E-state index contributed by atoms with van der Waals surface area (Å²) in [4.78, 5) is 11.1. The molecular weight excluding hydrogens is 170 g/mol. The summed E-state index contributed by atoms with van der Waals surface area (Å²) in [6.45, 7) is 3.32. The Morgan fingerprint density at radius 2 is 2.08 bits per heavy atom. The zero-order chi connectivity index (χ0) is 10.0. The number of aromatic nitrogens is 1. The molecule has 0 unspecified atom stereocenters. The van der Waals surface area contributed by atoms with E-state index in [4.69, 9.17) is 14.9 Å². The van der Waals surface area contributed by atoms with Crippen molar-refractivity contribution in [2.75, 3.05) is 0 Å². The van der Waals surface area contributed by atoms with E-state index < -0.39 is 5.56 Å². The van der Waals surface area contributed by atoms with Gasteiger partial charge in [0.25, 0.3) is 5.56 Å². The molecule has 0 aliphatic carbocycles. The van der Waals surface area contributed by atoms with E-state index in [1.165, 1.54) is 7.05 Å². The molecular formula is C8H5N3O2. The molecule has 0 spiro atoms. The van der Waals surface area contributed by atoms with Gasteiger partial charge in [0.2, 0.25) is 5.55 Å². The summed E-state index contributed by atoms with van der Waals surface area (Å²) in [5.41, 5.74) is -0.826. The molecule has 1 aromatic rings. The summed E-state index contributed by atoms with van der Waals surface area (Å²) in [7, 11) is 1.41. The summed E-state index contributed by atoms with van der Waals surface area (Å²) in [5.74, 6) is 0. The van der Waals surface area contributed by atoms with E-state index in [-0.39, 0.29) is 16.5 Å². The summed E-state index contributed by atoms with van der Waals surface area (Å²) in [6.07, 6.45) is 0. The molecule has 1 aromatic heterocycles. The van der Waals surface area contributed by atoms with Crippen LogP contribution in [0.25, 0.3) is 12.2 Å². The van der Waals surface area contributed by atoms with E-state index in [9.17, 15) is 4.79 Å². The molecule has 0 amide bonds. The quantitative estimate of drug-likeness (QED) is 0.484. The fraction of sp³-hybridized carbons (Fsp3) is 0.125. The van der Waals surface area contributed by atoms with Crippen LogP contribution in [0, 0.1) is 22.7 Å². The zero-order valence-electron chi connectivity index (χ0n) is 6.87. The van der Waals surface area contributed by atoms with E-state index in [1.807, 2.05) is 0 Å². The van der Waals surface area contributed by atoms with Gasteiger partial charge in [0, 0.05) is 7.05 Å². The Balaban J connectivity index is 3.91. The van der Waals surface area contributed by atoms with Gasteiger partial charge in [-0.1, -0.05) is 6.58 Å². The Hall–Kier alpha value is -2.27. The molecule has 0 fully saturated rings. The topological polar surface area (TPSA) is 82.7 Å². The van der Waals surface area contributed by atoms with Crippen LogP contribution in [0.15, 0.2) is 9.21 Å². The second kappa shape index (κ2) is 3.00. The van der Waals surface area contributed by atoms with E-state index >= 15 is 0 Å². The smallest absolute Gasteiger partial charge is 0.295 e. The van der Waals surface area contributed by atoms with Gasteiger partial charge in [-0.15, -0.1) is 0 Å². The number of rotatable bonds is 0. The Labute approximate surface area is 73.0 Å². The third-order valence-corrected chi connectivity index (χ3v) is 1.51. The van der Waals surface area contributed by atoms with Crippen molar-refractivity contribution >= 4 is 12.2 Å². The van der Waals surface area contributed by atoms with E-state index in [1.54, 1.807) is 12.1 Å². The minimum atomic E-state index is -0.446. The molecule has 0 aromatic carbocycles. The molecule has 0 bridgehead atoms. The van der Waals surface area contributed by atoms with Crippen molar-refractivity contribution in [2.24, 2.45) is 7.05 Å².